The highest BCUT2D eigenvalue weighted by Gasteiger charge is 2.15. The molecular formula is C16H28N2OS. The summed E-state index contributed by atoms with van der Waals surface area (Å²) in [5, 5.41) is 5.25. The highest BCUT2D eigenvalue weighted by Crippen LogP contribution is 2.23. The molecule has 0 aliphatic carbocycles. The van der Waals surface area contributed by atoms with Crippen LogP contribution in [0.2, 0.25) is 0 Å². The lowest BCUT2D eigenvalue weighted by molar-refractivity contribution is -0.122. The number of hydrogen-bond donors (Lipinski definition) is 2. The van der Waals surface area contributed by atoms with Crippen molar-refractivity contribution in [1.82, 2.24) is 5.32 Å². The number of thiophene rings is 1. The smallest absolute Gasteiger partial charge is 0.220 e. The lowest BCUT2D eigenvalue weighted by atomic mass is 9.96. The molecule has 20 heavy (non-hydrogen) atoms. The van der Waals surface area contributed by atoms with Gasteiger partial charge in [0.15, 0.2) is 0 Å². The third kappa shape index (κ3) is 6.06. The number of rotatable bonds is 10. The van der Waals surface area contributed by atoms with Gasteiger partial charge in [-0.1, -0.05) is 32.8 Å². The summed E-state index contributed by atoms with van der Waals surface area (Å²) in [5.41, 5.74) is 5.60. The van der Waals surface area contributed by atoms with Crippen molar-refractivity contribution in [2.45, 2.75) is 58.4 Å². The maximum atomic E-state index is 12.1. The maximum absolute atomic E-state index is 12.1. The first-order valence-corrected chi connectivity index (χ1v) is 8.62. The second-order valence-corrected chi connectivity index (χ2v) is 6.29. The summed E-state index contributed by atoms with van der Waals surface area (Å²) in [7, 11) is 0. The van der Waals surface area contributed by atoms with E-state index in [2.05, 4.69) is 30.6 Å². The number of hydrogen-bond acceptors (Lipinski definition) is 3. The first-order valence-electron chi connectivity index (χ1n) is 7.74. The number of carbonyl (C=O) groups excluding carboxylic acids is 1. The van der Waals surface area contributed by atoms with E-state index in [1.807, 2.05) is 6.07 Å². The van der Waals surface area contributed by atoms with Gasteiger partial charge in [-0.25, -0.2) is 0 Å². The molecule has 0 aliphatic heterocycles. The molecule has 0 saturated carbocycles. The zero-order chi connectivity index (χ0) is 14.8. The van der Waals surface area contributed by atoms with Gasteiger partial charge >= 0.3 is 0 Å². The van der Waals surface area contributed by atoms with Crippen molar-refractivity contribution in [2.24, 2.45) is 11.7 Å². The van der Waals surface area contributed by atoms with Crippen LogP contribution in [0.5, 0.6) is 0 Å². The van der Waals surface area contributed by atoms with E-state index in [0.717, 1.165) is 32.1 Å². The van der Waals surface area contributed by atoms with Crippen molar-refractivity contribution in [3.05, 3.63) is 22.4 Å². The van der Waals surface area contributed by atoms with Crippen molar-refractivity contribution < 1.29 is 4.79 Å². The third-order valence-electron chi connectivity index (χ3n) is 3.73. The lowest BCUT2D eigenvalue weighted by Crippen LogP contribution is -2.28. The van der Waals surface area contributed by atoms with Gasteiger partial charge in [0.2, 0.25) is 5.91 Å². The van der Waals surface area contributed by atoms with Crippen LogP contribution in [0.1, 0.15) is 63.3 Å². The first-order chi connectivity index (χ1) is 9.71. The van der Waals surface area contributed by atoms with Crippen LogP contribution in [-0.2, 0) is 4.79 Å². The van der Waals surface area contributed by atoms with Crippen LogP contribution in [0.15, 0.2) is 17.5 Å². The van der Waals surface area contributed by atoms with E-state index in [0.29, 0.717) is 18.9 Å². The molecule has 0 radical (unpaired) electrons. The van der Waals surface area contributed by atoms with Gasteiger partial charge in [-0.2, -0.15) is 0 Å². The Hall–Kier alpha value is -0.870. The van der Waals surface area contributed by atoms with Crippen molar-refractivity contribution in [1.29, 1.82) is 0 Å². The van der Waals surface area contributed by atoms with E-state index in [4.69, 9.17) is 5.73 Å². The van der Waals surface area contributed by atoms with Crippen LogP contribution in [0.3, 0.4) is 0 Å². The average molecular weight is 296 g/mol. The van der Waals surface area contributed by atoms with Crippen molar-refractivity contribution in [2.75, 3.05) is 6.54 Å². The minimum atomic E-state index is 0.173. The van der Waals surface area contributed by atoms with E-state index in [-0.39, 0.29) is 11.9 Å². The monoisotopic (exact) mass is 296 g/mol. The molecule has 0 aliphatic rings. The molecule has 1 rings (SSSR count). The molecule has 1 amide bonds. The standard InChI is InChI=1S/C16H28N2OS/c1-3-6-14(15-7-5-12-20-15)18-16(19)9-8-13(4-2)10-11-17/h5,7,12-14H,3-4,6,8-11,17H2,1-2H3,(H,18,19). The molecule has 4 heteroatoms. The van der Waals surface area contributed by atoms with E-state index >= 15 is 0 Å². The molecule has 0 aromatic carbocycles. The van der Waals surface area contributed by atoms with Crippen molar-refractivity contribution in [3.8, 4) is 0 Å². The molecule has 3 N–H and O–H groups in total. The maximum Gasteiger partial charge on any atom is 0.220 e. The Morgan fingerprint density at radius 1 is 1.35 bits per heavy atom. The number of carbonyl (C=O) groups is 1. The van der Waals surface area contributed by atoms with Gasteiger partial charge in [0.05, 0.1) is 6.04 Å². The molecule has 1 aromatic heterocycles. The molecule has 2 unspecified atom stereocenters. The Bertz CT molecular complexity index is 365. The summed E-state index contributed by atoms with van der Waals surface area (Å²) in [6.07, 6.45) is 5.77. The van der Waals surface area contributed by atoms with E-state index < -0.39 is 0 Å². The first kappa shape index (κ1) is 17.2. The van der Waals surface area contributed by atoms with Gasteiger partial charge < -0.3 is 11.1 Å². The minimum absolute atomic E-state index is 0.173. The molecule has 1 aromatic rings. The molecule has 0 saturated heterocycles. The highest BCUT2D eigenvalue weighted by molar-refractivity contribution is 7.10. The van der Waals surface area contributed by atoms with Crippen LogP contribution in [-0.4, -0.2) is 12.5 Å². The van der Waals surface area contributed by atoms with Crippen LogP contribution < -0.4 is 11.1 Å². The molecule has 2 atom stereocenters. The Kier molecular flexibility index (Phi) is 8.54. The fourth-order valence-electron chi connectivity index (χ4n) is 2.45. The third-order valence-corrected chi connectivity index (χ3v) is 4.72. The normalized spacial score (nSPS) is 13.9. The minimum Gasteiger partial charge on any atom is -0.348 e. The van der Waals surface area contributed by atoms with Crippen LogP contribution in [0.25, 0.3) is 0 Å². The van der Waals surface area contributed by atoms with Crippen LogP contribution in [0.4, 0.5) is 0 Å². The second-order valence-electron chi connectivity index (χ2n) is 5.31. The highest BCUT2D eigenvalue weighted by atomic mass is 32.1. The number of nitrogens with two attached hydrogens (primary N) is 1. The van der Waals surface area contributed by atoms with Crippen LogP contribution >= 0.6 is 11.3 Å². The van der Waals surface area contributed by atoms with Gasteiger partial charge in [-0.15, -0.1) is 11.3 Å². The summed E-state index contributed by atoms with van der Waals surface area (Å²) in [5.74, 6) is 0.754. The molecule has 3 nitrogen and oxygen atoms in total. The second kappa shape index (κ2) is 9.94. The molecule has 0 spiro atoms. The summed E-state index contributed by atoms with van der Waals surface area (Å²) >= 11 is 1.72. The fraction of sp³-hybridized carbons (Fsp3) is 0.688. The Morgan fingerprint density at radius 3 is 2.70 bits per heavy atom. The Labute approximate surface area is 127 Å². The van der Waals surface area contributed by atoms with Gasteiger partial charge in [-0.05, 0) is 43.2 Å². The number of amides is 1. The van der Waals surface area contributed by atoms with E-state index in [1.54, 1.807) is 11.3 Å². The summed E-state index contributed by atoms with van der Waals surface area (Å²) in [6.45, 7) is 5.04. The number of nitrogens with one attached hydrogen (secondary N) is 1. The van der Waals surface area contributed by atoms with E-state index in [1.165, 1.54) is 4.88 Å². The van der Waals surface area contributed by atoms with Gasteiger partial charge in [0.1, 0.15) is 0 Å². The summed E-state index contributed by atoms with van der Waals surface area (Å²) < 4.78 is 0. The predicted octanol–water partition coefficient (Wildman–Crippen LogP) is 3.86. The van der Waals surface area contributed by atoms with Gasteiger partial charge in [-0.3, -0.25) is 4.79 Å². The largest absolute Gasteiger partial charge is 0.348 e. The van der Waals surface area contributed by atoms with E-state index in [9.17, 15) is 4.79 Å². The Balaban J connectivity index is 2.42. The SMILES string of the molecule is CCCC(NC(=O)CCC(CC)CCN)c1cccs1. The fourth-order valence-corrected chi connectivity index (χ4v) is 3.27. The zero-order valence-corrected chi connectivity index (χ0v) is 13.5. The molecule has 0 bridgehead atoms. The van der Waals surface area contributed by atoms with Crippen LogP contribution in [0, 0.1) is 5.92 Å². The molecule has 1 heterocycles. The summed E-state index contributed by atoms with van der Waals surface area (Å²) in [4.78, 5) is 13.4. The molecule has 0 fully saturated rings. The van der Waals surface area contributed by atoms with Gasteiger partial charge in [0, 0.05) is 11.3 Å². The predicted molar refractivity (Wildman–Crippen MR) is 86.8 cm³/mol. The topological polar surface area (TPSA) is 55.1 Å². The summed E-state index contributed by atoms with van der Waals surface area (Å²) in [6, 6.07) is 4.33. The lowest BCUT2D eigenvalue weighted by Gasteiger charge is -2.18. The molecular weight excluding hydrogens is 268 g/mol. The average Bonchev–Trinajstić information content (AvgIpc) is 2.97. The van der Waals surface area contributed by atoms with Crippen molar-refractivity contribution >= 4 is 17.2 Å². The van der Waals surface area contributed by atoms with Crippen molar-refractivity contribution in [3.63, 3.8) is 0 Å². The molecule has 114 valence electrons. The van der Waals surface area contributed by atoms with Gasteiger partial charge in [0.25, 0.3) is 0 Å². The quantitative estimate of drug-likeness (QED) is 0.689. The zero-order valence-electron chi connectivity index (χ0n) is 12.7. The Morgan fingerprint density at radius 2 is 2.15 bits per heavy atom.